The van der Waals surface area contributed by atoms with Gasteiger partial charge in [-0.25, -0.2) is 0 Å². The van der Waals surface area contributed by atoms with Crippen molar-refractivity contribution in [2.75, 3.05) is 20.3 Å². The summed E-state index contributed by atoms with van der Waals surface area (Å²) in [6.45, 7) is 7.14. The second-order valence-corrected chi connectivity index (χ2v) is 7.00. The second kappa shape index (κ2) is 9.60. The van der Waals surface area contributed by atoms with E-state index in [1.165, 1.54) is 11.8 Å². The van der Waals surface area contributed by atoms with Crippen molar-refractivity contribution < 1.29 is 9.53 Å². The van der Waals surface area contributed by atoms with Crippen LogP contribution in [0, 0.1) is 0 Å². The third kappa shape index (κ3) is 5.32. The summed E-state index contributed by atoms with van der Waals surface area (Å²) in [5.74, 6) is 0.648. The van der Waals surface area contributed by atoms with Crippen LogP contribution in [0.1, 0.15) is 6.92 Å². The second-order valence-electron chi connectivity index (χ2n) is 5.26. The zero-order chi connectivity index (χ0) is 18.2. The molecule has 1 heterocycles. The molecular weight excluding hydrogens is 360 g/mol. The molecule has 0 spiro atoms. The van der Waals surface area contributed by atoms with Gasteiger partial charge in [-0.05, 0) is 31.2 Å². The van der Waals surface area contributed by atoms with Crippen LogP contribution in [0.2, 0.25) is 5.02 Å². The molecule has 1 N–H and O–H groups in total. The molecule has 0 aliphatic rings. The Morgan fingerprint density at radius 1 is 1.44 bits per heavy atom. The summed E-state index contributed by atoms with van der Waals surface area (Å²) in [6.07, 6.45) is 1.77. The van der Waals surface area contributed by atoms with Crippen LogP contribution in [0.25, 0.3) is 11.4 Å². The molecule has 0 aliphatic heterocycles. The predicted molar refractivity (Wildman–Crippen MR) is 101 cm³/mol. The Morgan fingerprint density at radius 2 is 2.16 bits per heavy atom. The Hall–Kier alpha value is -1.83. The molecule has 1 aromatic carbocycles. The average Bonchev–Trinajstić information content (AvgIpc) is 2.98. The van der Waals surface area contributed by atoms with E-state index in [0.717, 1.165) is 5.56 Å². The van der Waals surface area contributed by atoms with E-state index >= 15 is 0 Å². The van der Waals surface area contributed by atoms with Crippen LogP contribution < -0.4 is 5.32 Å². The van der Waals surface area contributed by atoms with E-state index in [9.17, 15) is 4.79 Å². The van der Waals surface area contributed by atoms with Crippen LogP contribution in [-0.2, 0) is 16.1 Å². The molecule has 25 heavy (non-hydrogen) atoms. The van der Waals surface area contributed by atoms with Crippen molar-refractivity contribution in [3.8, 4) is 11.4 Å². The lowest BCUT2D eigenvalue weighted by molar-refractivity contribution is -0.120. The number of amides is 1. The van der Waals surface area contributed by atoms with Crippen LogP contribution in [0.3, 0.4) is 0 Å². The first-order valence-corrected chi connectivity index (χ1v) is 9.06. The van der Waals surface area contributed by atoms with E-state index in [-0.39, 0.29) is 11.2 Å². The lowest BCUT2D eigenvalue weighted by Crippen LogP contribution is -2.33. The van der Waals surface area contributed by atoms with E-state index in [2.05, 4.69) is 22.1 Å². The van der Waals surface area contributed by atoms with Crippen molar-refractivity contribution in [2.45, 2.75) is 23.9 Å². The van der Waals surface area contributed by atoms with Gasteiger partial charge in [0.25, 0.3) is 0 Å². The normalized spacial score (nSPS) is 12.0. The molecule has 134 valence electrons. The van der Waals surface area contributed by atoms with Crippen molar-refractivity contribution in [1.82, 2.24) is 20.1 Å². The maximum atomic E-state index is 12.1. The third-order valence-electron chi connectivity index (χ3n) is 3.39. The van der Waals surface area contributed by atoms with Gasteiger partial charge in [-0.2, -0.15) is 0 Å². The SMILES string of the molecule is C=CCn1c(S[C@H](C)C(=O)NCCOC)nnc1-c1ccc(Cl)cc1. The number of aromatic nitrogens is 3. The summed E-state index contributed by atoms with van der Waals surface area (Å²) in [6, 6.07) is 7.40. The topological polar surface area (TPSA) is 69.0 Å². The molecule has 1 atom stereocenters. The number of rotatable bonds is 9. The molecule has 0 aliphatic carbocycles. The number of hydrogen-bond acceptors (Lipinski definition) is 5. The van der Waals surface area contributed by atoms with E-state index in [1.807, 2.05) is 35.8 Å². The maximum absolute atomic E-state index is 12.1. The first-order valence-electron chi connectivity index (χ1n) is 7.80. The van der Waals surface area contributed by atoms with Gasteiger partial charge in [0.2, 0.25) is 5.91 Å². The van der Waals surface area contributed by atoms with Crippen molar-refractivity contribution in [3.63, 3.8) is 0 Å². The van der Waals surface area contributed by atoms with Gasteiger partial charge in [0.05, 0.1) is 11.9 Å². The van der Waals surface area contributed by atoms with E-state index < -0.39 is 0 Å². The Labute approximate surface area is 156 Å². The molecule has 8 heteroatoms. The van der Waals surface area contributed by atoms with Gasteiger partial charge in [-0.15, -0.1) is 16.8 Å². The van der Waals surface area contributed by atoms with Crippen molar-refractivity contribution in [3.05, 3.63) is 41.9 Å². The molecule has 0 radical (unpaired) electrons. The number of nitrogens with one attached hydrogen (secondary N) is 1. The standard InChI is InChI=1S/C17H21ClN4O2S/c1-4-10-22-15(13-5-7-14(18)8-6-13)20-21-17(22)25-12(2)16(23)19-9-11-24-3/h4-8,12H,1,9-11H2,2-3H3,(H,19,23)/t12-/m1/s1. The fraction of sp³-hybridized carbons (Fsp3) is 0.353. The van der Waals surface area contributed by atoms with E-state index in [0.29, 0.717) is 35.7 Å². The van der Waals surface area contributed by atoms with Gasteiger partial charge in [0, 0.05) is 30.8 Å². The molecule has 0 saturated carbocycles. The lowest BCUT2D eigenvalue weighted by atomic mass is 10.2. The average molecular weight is 381 g/mol. The monoisotopic (exact) mass is 380 g/mol. The Kier molecular flexibility index (Phi) is 7.49. The number of halogens is 1. The fourth-order valence-corrected chi connectivity index (χ4v) is 3.12. The molecule has 1 amide bonds. The van der Waals surface area contributed by atoms with Crippen LogP contribution in [0.4, 0.5) is 0 Å². The van der Waals surface area contributed by atoms with E-state index in [4.69, 9.17) is 16.3 Å². The minimum Gasteiger partial charge on any atom is -0.383 e. The van der Waals surface area contributed by atoms with Gasteiger partial charge in [0.15, 0.2) is 11.0 Å². The largest absolute Gasteiger partial charge is 0.383 e. The first-order chi connectivity index (χ1) is 12.1. The number of allylic oxidation sites excluding steroid dienone is 1. The zero-order valence-electron chi connectivity index (χ0n) is 14.2. The predicted octanol–water partition coefficient (Wildman–Crippen LogP) is 3.03. The summed E-state index contributed by atoms with van der Waals surface area (Å²) >= 11 is 7.30. The number of thioether (sulfide) groups is 1. The smallest absolute Gasteiger partial charge is 0.233 e. The molecule has 0 saturated heterocycles. The number of nitrogens with zero attached hydrogens (tertiary/aromatic N) is 3. The number of hydrogen-bond donors (Lipinski definition) is 1. The Balaban J connectivity index is 2.16. The molecule has 0 bridgehead atoms. The highest BCUT2D eigenvalue weighted by Gasteiger charge is 2.20. The Morgan fingerprint density at radius 3 is 2.80 bits per heavy atom. The highest BCUT2D eigenvalue weighted by atomic mass is 35.5. The van der Waals surface area contributed by atoms with Gasteiger partial charge in [-0.1, -0.05) is 29.4 Å². The van der Waals surface area contributed by atoms with Gasteiger partial charge < -0.3 is 10.1 Å². The number of carbonyl (C=O) groups excluding carboxylic acids is 1. The number of carbonyl (C=O) groups is 1. The molecule has 6 nitrogen and oxygen atoms in total. The first kappa shape index (κ1) is 19.5. The summed E-state index contributed by atoms with van der Waals surface area (Å²) < 4.78 is 6.86. The van der Waals surface area contributed by atoms with Crippen LogP contribution in [0.5, 0.6) is 0 Å². The summed E-state index contributed by atoms with van der Waals surface area (Å²) in [4.78, 5) is 12.1. The van der Waals surface area contributed by atoms with Gasteiger partial charge in [0.1, 0.15) is 0 Å². The quantitative estimate of drug-likeness (QED) is 0.411. The van der Waals surface area contributed by atoms with Gasteiger partial charge >= 0.3 is 0 Å². The summed E-state index contributed by atoms with van der Waals surface area (Å²) in [5, 5.41) is 12.4. The minimum absolute atomic E-state index is 0.0664. The molecule has 2 aromatic rings. The molecule has 0 fully saturated rings. The number of ether oxygens (including phenoxy) is 1. The summed E-state index contributed by atoms with van der Waals surface area (Å²) in [5.41, 5.74) is 0.905. The van der Waals surface area contributed by atoms with Crippen molar-refractivity contribution in [1.29, 1.82) is 0 Å². The Bertz CT molecular complexity index is 718. The molecule has 0 unspecified atom stereocenters. The number of benzene rings is 1. The summed E-state index contributed by atoms with van der Waals surface area (Å²) in [7, 11) is 1.60. The third-order valence-corrected chi connectivity index (χ3v) is 4.72. The molecule has 1 aromatic heterocycles. The van der Waals surface area contributed by atoms with Crippen molar-refractivity contribution >= 4 is 29.3 Å². The minimum atomic E-state index is -0.303. The van der Waals surface area contributed by atoms with Crippen LogP contribution in [0.15, 0.2) is 42.1 Å². The highest BCUT2D eigenvalue weighted by molar-refractivity contribution is 8.00. The van der Waals surface area contributed by atoms with E-state index in [1.54, 1.807) is 13.2 Å². The molecular formula is C17H21ClN4O2S. The highest BCUT2D eigenvalue weighted by Crippen LogP contribution is 2.27. The van der Waals surface area contributed by atoms with Gasteiger partial charge in [-0.3, -0.25) is 9.36 Å². The van der Waals surface area contributed by atoms with Crippen molar-refractivity contribution in [2.24, 2.45) is 0 Å². The molecule has 2 rings (SSSR count). The number of methoxy groups -OCH3 is 1. The van der Waals surface area contributed by atoms with Crippen LogP contribution in [-0.4, -0.2) is 46.2 Å². The van der Waals surface area contributed by atoms with Crippen LogP contribution >= 0.6 is 23.4 Å². The zero-order valence-corrected chi connectivity index (χ0v) is 15.8. The lowest BCUT2D eigenvalue weighted by Gasteiger charge is -2.12. The fourth-order valence-electron chi connectivity index (χ4n) is 2.11. The maximum Gasteiger partial charge on any atom is 0.233 e.